The molecule has 0 aliphatic heterocycles. The molecule has 1 N–H and O–H groups in total. The fourth-order valence-electron chi connectivity index (χ4n) is 1.71. The van der Waals surface area contributed by atoms with E-state index >= 15 is 0 Å². The van der Waals surface area contributed by atoms with Gasteiger partial charge in [0.05, 0.1) is 7.11 Å². The van der Waals surface area contributed by atoms with E-state index in [4.69, 9.17) is 25.8 Å². The predicted molar refractivity (Wildman–Crippen MR) is 84.9 cm³/mol. The first-order valence-electron chi connectivity index (χ1n) is 6.64. The van der Waals surface area contributed by atoms with Crippen LogP contribution in [-0.4, -0.2) is 26.4 Å². The number of amides is 1. The van der Waals surface area contributed by atoms with Gasteiger partial charge in [0.15, 0.2) is 11.5 Å². The number of hydrogen-bond acceptors (Lipinski definition) is 4. The highest BCUT2D eigenvalue weighted by Gasteiger charge is 2.05. The Bertz CT molecular complexity index is 616. The zero-order valence-corrected chi connectivity index (χ0v) is 12.8. The van der Waals surface area contributed by atoms with Crippen molar-refractivity contribution in [2.24, 2.45) is 0 Å². The average Bonchev–Trinajstić information content (AvgIpc) is 2.54. The van der Waals surface area contributed by atoms with Gasteiger partial charge in [0.25, 0.3) is 0 Å². The summed E-state index contributed by atoms with van der Waals surface area (Å²) >= 11 is 5.76. The normalized spacial score (nSPS) is 9.91. The maximum Gasteiger partial charge on any atom is 0.411 e. The number of halogens is 1. The lowest BCUT2D eigenvalue weighted by atomic mass is 10.3. The molecule has 1 amide bonds. The van der Waals surface area contributed by atoms with Crippen LogP contribution in [0.15, 0.2) is 48.5 Å². The van der Waals surface area contributed by atoms with Gasteiger partial charge in [-0.2, -0.15) is 0 Å². The molecular weight excluding hydrogens is 306 g/mol. The van der Waals surface area contributed by atoms with Crippen molar-refractivity contribution < 1.29 is 19.0 Å². The topological polar surface area (TPSA) is 56.8 Å². The number of para-hydroxylation sites is 2. The molecule has 0 atom stereocenters. The summed E-state index contributed by atoms with van der Waals surface area (Å²) in [6.07, 6.45) is -0.550. The molecule has 2 aromatic rings. The second-order valence-corrected chi connectivity index (χ2v) is 4.70. The van der Waals surface area contributed by atoms with Crippen LogP contribution in [0.5, 0.6) is 11.5 Å². The first-order valence-corrected chi connectivity index (χ1v) is 7.02. The van der Waals surface area contributed by atoms with Gasteiger partial charge in [-0.3, -0.25) is 5.32 Å². The smallest absolute Gasteiger partial charge is 0.411 e. The average molecular weight is 322 g/mol. The molecule has 0 spiro atoms. The Balaban J connectivity index is 1.72. The molecule has 0 bridgehead atoms. The fourth-order valence-corrected chi connectivity index (χ4v) is 1.84. The Morgan fingerprint density at radius 3 is 2.41 bits per heavy atom. The highest BCUT2D eigenvalue weighted by atomic mass is 35.5. The maximum atomic E-state index is 11.6. The molecule has 116 valence electrons. The van der Waals surface area contributed by atoms with Crippen LogP contribution in [0.3, 0.4) is 0 Å². The van der Waals surface area contributed by atoms with Crippen molar-refractivity contribution in [3.8, 4) is 11.5 Å². The summed E-state index contributed by atoms with van der Waals surface area (Å²) in [5, 5.41) is 3.19. The Morgan fingerprint density at radius 1 is 1.05 bits per heavy atom. The van der Waals surface area contributed by atoms with Crippen molar-refractivity contribution in [1.29, 1.82) is 0 Å². The third-order valence-corrected chi connectivity index (χ3v) is 2.99. The molecule has 0 fully saturated rings. The Morgan fingerprint density at radius 2 is 1.73 bits per heavy atom. The molecule has 0 saturated carbocycles. The number of carbonyl (C=O) groups excluding carboxylic acids is 1. The van der Waals surface area contributed by atoms with Gasteiger partial charge in [0, 0.05) is 10.7 Å². The highest BCUT2D eigenvalue weighted by Crippen LogP contribution is 2.25. The van der Waals surface area contributed by atoms with Crippen LogP contribution < -0.4 is 14.8 Å². The van der Waals surface area contributed by atoms with E-state index in [0.717, 1.165) is 0 Å². The van der Waals surface area contributed by atoms with Crippen LogP contribution in [0.25, 0.3) is 0 Å². The predicted octanol–water partition coefficient (Wildman–Crippen LogP) is 3.98. The monoisotopic (exact) mass is 321 g/mol. The number of benzene rings is 2. The van der Waals surface area contributed by atoms with E-state index in [0.29, 0.717) is 22.2 Å². The van der Waals surface area contributed by atoms with Gasteiger partial charge in [0.1, 0.15) is 13.2 Å². The molecule has 0 aliphatic rings. The van der Waals surface area contributed by atoms with Crippen molar-refractivity contribution in [2.75, 3.05) is 25.6 Å². The molecule has 22 heavy (non-hydrogen) atoms. The Kier molecular flexibility index (Phi) is 5.91. The lowest BCUT2D eigenvalue weighted by Crippen LogP contribution is -2.17. The van der Waals surface area contributed by atoms with Gasteiger partial charge in [0.2, 0.25) is 0 Å². The SMILES string of the molecule is COc1ccccc1OCCOC(=O)Nc1ccc(Cl)cc1. The van der Waals surface area contributed by atoms with Gasteiger partial charge >= 0.3 is 6.09 Å². The number of hydrogen-bond donors (Lipinski definition) is 1. The van der Waals surface area contributed by atoms with Gasteiger partial charge in [-0.15, -0.1) is 0 Å². The van der Waals surface area contributed by atoms with Crippen LogP contribution >= 0.6 is 11.6 Å². The van der Waals surface area contributed by atoms with Crippen molar-refractivity contribution in [3.05, 3.63) is 53.6 Å². The summed E-state index contributed by atoms with van der Waals surface area (Å²) in [5.41, 5.74) is 0.611. The van der Waals surface area contributed by atoms with E-state index in [-0.39, 0.29) is 13.2 Å². The minimum absolute atomic E-state index is 0.122. The zero-order chi connectivity index (χ0) is 15.8. The highest BCUT2D eigenvalue weighted by molar-refractivity contribution is 6.30. The minimum Gasteiger partial charge on any atom is -0.493 e. The number of anilines is 1. The van der Waals surface area contributed by atoms with Crippen LogP contribution in [0.4, 0.5) is 10.5 Å². The van der Waals surface area contributed by atoms with E-state index in [9.17, 15) is 4.79 Å². The third kappa shape index (κ3) is 4.86. The molecule has 2 rings (SSSR count). The first kappa shape index (κ1) is 16.0. The molecule has 5 nitrogen and oxygen atoms in total. The van der Waals surface area contributed by atoms with E-state index in [1.54, 1.807) is 43.5 Å². The molecule has 0 saturated heterocycles. The fraction of sp³-hybridized carbons (Fsp3) is 0.188. The van der Waals surface area contributed by atoms with Gasteiger partial charge in [-0.25, -0.2) is 4.79 Å². The van der Waals surface area contributed by atoms with Gasteiger partial charge < -0.3 is 14.2 Å². The second-order valence-electron chi connectivity index (χ2n) is 4.27. The molecule has 0 heterocycles. The number of ether oxygens (including phenoxy) is 3. The molecule has 2 aromatic carbocycles. The lowest BCUT2D eigenvalue weighted by molar-refractivity contribution is 0.136. The molecule has 0 unspecified atom stereocenters. The quantitative estimate of drug-likeness (QED) is 0.818. The van der Waals surface area contributed by atoms with Crippen LogP contribution in [-0.2, 0) is 4.74 Å². The van der Waals surface area contributed by atoms with Crippen molar-refractivity contribution >= 4 is 23.4 Å². The molecular formula is C16H16ClNO4. The second kappa shape index (κ2) is 8.14. The van der Waals surface area contributed by atoms with Gasteiger partial charge in [-0.05, 0) is 36.4 Å². The summed E-state index contributed by atoms with van der Waals surface area (Å²) < 4.78 is 15.7. The van der Waals surface area contributed by atoms with E-state index < -0.39 is 6.09 Å². The van der Waals surface area contributed by atoms with Gasteiger partial charge in [-0.1, -0.05) is 23.7 Å². The van der Waals surface area contributed by atoms with Crippen LogP contribution in [0.1, 0.15) is 0 Å². The minimum atomic E-state index is -0.550. The number of methoxy groups -OCH3 is 1. The third-order valence-electron chi connectivity index (χ3n) is 2.73. The lowest BCUT2D eigenvalue weighted by Gasteiger charge is -2.11. The summed E-state index contributed by atoms with van der Waals surface area (Å²) in [4.78, 5) is 11.6. The van der Waals surface area contributed by atoms with Crippen molar-refractivity contribution in [3.63, 3.8) is 0 Å². The maximum absolute atomic E-state index is 11.6. The van der Waals surface area contributed by atoms with Crippen molar-refractivity contribution in [2.45, 2.75) is 0 Å². The van der Waals surface area contributed by atoms with E-state index in [1.807, 2.05) is 12.1 Å². The molecule has 6 heteroatoms. The molecule has 0 radical (unpaired) electrons. The van der Waals surface area contributed by atoms with Crippen LogP contribution in [0.2, 0.25) is 5.02 Å². The molecule has 0 aliphatic carbocycles. The zero-order valence-electron chi connectivity index (χ0n) is 12.0. The number of rotatable bonds is 6. The summed E-state index contributed by atoms with van der Waals surface area (Å²) in [5.74, 6) is 1.24. The first-order chi connectivity index (χ1) is 10.7. The Labute approximate surface area is 133 Å². The number of nitrogens with one attached hydrogen (secondary N) is 1. The Hall–Kier alpha value is -2.40. The van der Waals surface area contributed by atoms with E-state index in [1.165, 1.54) is 0 Å². The summed E-state index contributed by atoms with van der Waals surface area (Å²) in [6.45, 7) is 0.353. The standard InChI is InChI=1S/C16H16ClNO4/c1-20-14-4-2-3-5-15(14)21-10-11-22-16(19)18-13-8-6-12(17)7-9-13/h2-9H,10-11H2,1H3,(H,18,19). The largest absolute Gasteiger partial charge is 0.493 e. The van der Waals surface area contributed by atoms with Crippen LogP contribution in [0, 0.1) is 0 Å². The van der Waals surface area contributed by atoms with E-state index in [2.05, 4.69) is 5.32 Å². The molecule has 0 aromatic heterocycles. The summed E-state index contributed by atoms with van der Waals surface area (Å²) in [6, 6.07) is 14.0. The summed E-state index contributed by atoms with van der Waals surface area (Å²) in [7, 11) is 1.57. The van der Waals surface area contributed by atoms with Crippen molar-refractivity contribution in [1.82, 2.24) is 0 Å². The number of carbonyl (C=O) groups is 1.